The number of morpholine rings is 1. The molecule has 18 heavy (non-hydrogen) atoms. The lowest BCUT2D eigenvalue weighted by molar-refractivity contribution is -0.137. The molecule has 0 aliphatic carbocycles. The van der Waals surface area contributed by atoms with Gasteiger partial charge in [0, 0.05) is 13.1 Å². The van der Waals surface area contributed by atoms with E-state index < -0.39 is 0 Å². The van der Waals surface area contributed by atoms with Crippen molar-refractivity contribution in [1.82, 2.24) is 4.90 Å². The Hall–Kier alpha value is -1.07. The highest BCUT2D eigenvalue weighted by Gasteiger charge is 2.17. The quantitative estimate of drug-likeness (QED) is 0.856. The molecule has 5 heteroatoms. The molecule has 1 aromatic carbocycles. The SMILES string of the molecule is Cc1ccc(OCC(=O)N2CCOCC2)c(Br)c1. The second-order valence-electron chi connectivity index (χ2n) is 4.22. The van der Waals surface area contributed by atoms with Gasteiger partial charge in [-0.1, -0.05) is 6.07 Å². The molecular weight excluding hydrogens is 298 g/mol. The zero-order valence-corrected chi connectivity index (χ0v) is 11.9. The fraction of sp³-hybridized carbons (Fsp3) is 0.462. The molecule has 1 amide bonds. The maximum absolute atomic E-state index is 11.9. The monoisotopic (exact) mass is 313 g/mol. The van der Waals surface area contributed by atoms with Crippen LogP contribution in [-0.2, 0) is 9.53 Å². The summed E-state index contributed by atoms with van der Waals surface area (Å²) in [5.74, 6) is 0.702. The van der Waals surface area contributed by atoms with Gasteiger partial charge in [0.25, 0.3) is 5.91 Å². The zero-order valence-electron chi connectivity index (χ0n) is 10.3. The van der Waals surface area contributed by atoms with E-state index in [2.05, 4.69) is 15.9 Å². The molecule has 1 saturated heterocycles. The predicted molar refractivity (Wildman–Crippen MR) is 71.8 cm³/mol. The molecule has 2 rings (SSSR count). The molecule has 1 aliphatic rings. The number of aryl methyl sites for hydroxylation is 1. The molecule has 0 unspecified atom stereocenters. The number of hydrogen-bond acceptors (Lipinski definition) is 3. The first kappa shape index (κ1) is 13.4. The van der Waals surface area contributed by atoms with Gasteiger partial charge < -0.3 is 14.4 Å². The summed E-state index contributed by atoms with van der Waals surface area (Å²) in [6, 6.07) is 5.79. The van der Waals surface area contributed by atoms with Crippen molar-refractivity contribution in [2.24, 2.45) is 0 Å². The number of benzene rings is 1. The van der Waals surface area contributed by atoms with Crippen molar-refractivity contribution in [3.8, 4) is 5.75 Å². The van der Waals surface area contributed by atoms with Crippen molar-refractivity contribution in [2.45, 2.75) is 6.92 Å². The highest BCUT2D eigenvalue weighted by atomic mass is 79.9. The van der Waals surface area contributed by atoms with Gasteiger partial charge in [-0.2, -0.15) is 0 Å². The Labute approximate surface area is 115 Å². The average Bonchev–Trinajstić information content (AvgIpc) is 2.38. The van der Waals surface area contributed by atoms with E-state index in [1.54, 1.807) is 4.90 Å². The van der Waals surface area contributed by atoms with Gasteiger partial charge in [0.05, 0.1) is 17.7 Å². The van der Waals surface area contributed by atoms with Crippen LogP contribution in [0.5, 0.6) is 5.75 Å². The van der Waals surface area contributed by atoms with E-state index >= 15 is 0 Å². The molecule has 0 radical (unpaired) electrons. The molecule has 0 saturated carbocycles. The summed E-state index contributed by atoms with van der Waals surface area (Å²) in [6.07, 6.45) is 0. The van der Waals surface area contributed by atoms with E-state index in [1.807, 2.05) is 25.1 Å². The summed E-state index contributed by atoms with van der Waals surface area (Å²) in [5, 5.41) is 0. The van der Waals surface area contributed by atoms with E-state index in [0.717, 1.165) is 10.0 Å². The van der Waals surface area contributed by atoms with Crippen LogP contribution in [-0.4, -0.2) is 43.7 Å². The van der Waals surface area contributed by atoms with Gasteiger partial charge in [0.1, 0.15) is 5.75 Å². The minimum absolute atomic E-state index is 0.00535. The van der Waals surface area contributed by atoms with Gasteiger partial charge in [-0.25, -0.2) is 0 Å². The van der Waals surface area contributed by atoms with E-state index in [4.69, 9.17) is 9.47 Å². The average molecular weight is 314 g/mol. The molecule has 0 atom stereocenters. The number of carbonyl (C=O) groups is 1. The van der Waals surface area contributed by atoms with Crippen LogP contribution in [0.25, 0.3) is 0 Å². The van der Waals surface area contributed by atoms with Crippen molar-refractivity contribution < 1.29 is 14.3 Å². The molecule has 1 heterocycles. The molecule has 0 aromatic heterocycles. The van der Waals surface area contributed by atoms with Crippen molar-refractivity contribution >= 4 is 21.8 Å². The Morgan fingerprint density at radius 1 is 1.44 bits per heavy atom. The van der Waals surface area contributed by atoms with Gasteiger partial charge in [-0.05, 0) is 40.5 Å². The molecular formula is C13H16BrNO3. The first-order chi connectivity index (χ1) is 8.66. The Morgan fingerprint density at radius 2 is 2.17 bits per heavy atom. The topological polar surface area (TPSA) is 38.8 Å². The number of rotatable bonds is 3. The number of carbonyl (C=O) groups excluding carboxylic acids is 1. The number of halogens is 1. The van der Waals surface area contributed by atoms with Crippen LogP contribution < -0.4 is 4.74 Å². The minimum Gasteiger partial charge on any atom is -0.483 e. The van der Waals surface area contributed by atoms with Crippen molar-refractivity contribution in [1.29, 1.82) is 0 Å². The van der Waals surface area contributed by atoms with Gasteiger partial charge >= 0.3 is 0 Å². The highest BCUT2D eigenvalue weighted by Crippen LogP contribution is 2.25. The molecule has 1 fully saturated rings. The first-order valence-corrected chi connectivity index (χ1v) is 6.70. The summed E-state index contributed by atoms with van der Waals surface area (Å²) >= 11 is 3.42. The second-order valence-corrected chi connectivity index (χ2v) is 5.07. The van der Waals surface area contributed by atoms with Crippen LogP contribution in [0.2, 0.25) is 0 Å². The standard InChI is InChI=1S/C13H16BrNO3/c1-10-2-3-12(11(14)8-10)18-9-13(16)15-4-6-17-7-5-15/h2-3,8H,4-7,9H2,1H3. The van der Waals surface area contributed by atoms with Crippen LogP contribution in [0.4, 0.5) is 0 Å². The lowest BCUT2D eigenvalue weighted by atomic mass is 10.2. The van der Waals surface area contributed by atoms with E-state index in [9.17, 15) is 4.79 Å². The summed E-state index contributed by atoms with van der Waals surface area (Å²) in [5.41, 5.74) is 1.15. The van der Waals surface area contributed by atoms with Crippen LogP contribution in [0.3, 0.4) is 0 Å². The number of hydrogen-bond donors (Lipinski definition) is 0. The molecule has 1 aromatic rings. The molecule has 0 spiro atoms. The molecule has 0 N–H and O–H groups in total. The third-order valence-corrected chi connectivity index (χ3v) is 3.42. The van der Waals surface area contributed by atoms with Crippen LogP contribution in [0.1, 0.15) is 5.56 Å². The maximum atomic E-state index is 11.9. The number of amides is 1. The fourth-order valence-corrected chi connectivity index (χ4v) is 2.37. The fourth-order valence-electron chi connectivity index (χ4n) is 1.77. The summed E-state index contributed by atoms with van der Waals surface area (Å²) in [6.45, 7) is 4.60. The number of ether oxygens (including phenoxy) is 2. The van der Waals surface area contributed by atoms with Crippen LogP contribution in [0.15, 0.2) is 22.7 Å². The van der Waals surface area contributed by atoms with Crippen molar-refractivity contribution in [3.63, 3.8) is 0 Å². The normalized spacial score (nSPS) is 15.6. The molecule has 4 nitrogen and oxygen atoms in total. The first-order valence-electron chi connectivity index (χ1n) is 5.91. The van der Waals surface area contributed by atoms with Gasteiger partial charge in [-0.15, -0.1) is 0 Å². The van der Waals surface area contributed by atoms with Gasteiger partial charge in [0.2, 0.25) is 0 Å². The van der Waals surface area contributed by atoms with E-state index in [-0.39, 0.29) is 12.5 Å². The second kappa shape index (κ2) is 6.20. The Bertz CT molecular complexity index is 430. The Morgan fingerprint density at radius 3 is 2.83 bits per heavy atom. The summed E-state index contributed by atoms with van der Waals surface area (Å²) in [4.78, 5) is 13.6. The van der Waals surface area contributed by atoms with Crippen LogP contribution in [0, 0.1) is 6.92 Å². The number of nitrogens with zero attached hydrogens (tertiary/aromatic N) is 1. The third-order valence-electron chi connectivity index (χ3n) is 2.80. The molecule has 0 bridgehead atoms. The van der Waals surface area contributed by atoms with Gasteiger partial charge in [-0.3, -0.25) is 4.79 Å². The predicted octanol–water partition coefficient (Wildman–Crippen LogP) is 2.00. The third kappa shape index (κ3) is 3.46. The maximum Gasteiger partial charge on any atom is 0.260 e. The van der Waals surface area contributed by atoms with Gasteiger partial charge in [0.15, 0.2) is 6.61 Å². The van der Waals surface area contributed by atoms with E-state index in [0.29, 0.717) is 32.1 Å². The Kier molecular flexibility index (Phi) is 4.60. The lowest BCUT2D eigenvalue weighted by Crippen LogP contribution is -2.43. The Balaban J connectivity index is 1.88. The summed E-state index contributed by atoms with van der Waals surface area (Å²) in [7, 11) is 0. The lowest BCUT2D eigenvalue weighted by Gasteiger charge is -2.26. The minimum atomic E-state index is 0.00535. The summed E-state index contributed by atoms with van der Waals surface area (Å²) < 4.78 is 11.6. The van der Waals surface area contributed by atoms with Crippen LogP contribution >= 0.6 is 15.9 Å². The van der Waals surface area contributed by atoms with Crippen molar-refractivity contribution in [3.05, 3.63) is 28.2 Å². The molecule has 98 valence electrons. The molecule has 1 aliphatic heterocycles. The smallest absolute Gasteiger partial charge is 0.260 e. The zero-order chi connectivity index (χ0) is 13.0. The van der Waals surface area contributed by atoms with E-state index in [1.165, 1.54) is 0 Å². The highest BCUT2D eigenvalue weighted by molar-refractivity contribution is 9.10. The van der Waals surface area contributed by atoms with Crippen molar-refractivity contribution in [2.75, 3.05) is 32.9 Å². The largest absolute Gasteiger partial charge is 0.483 e.